The van der Waals surface area contributed by atoms with E-state index in [9.17, 15) is 4.79 Å². The molecule has 0 aliphatic carbocycles. The van der Waals surface area contributed by atoms with E-state index in [1.54, 1.807) is 6.92 Å². The molecular weight excluding hydrogens is 352 g/mol. The molecule has 0 saturated carbocycles. The Morgan fingerprint density at radius 3 is 2.50 bits per heavy atom. The third kappa shape index (κ3) is 4.74. The maximum absolute atomic E-state index is 11.2. The summed E-state index contributed by atoms with van der Waals surface area (Å²) in [5.41, 5.74) is 9.62. The van der Waals surface area contributed by atoms with E-state index in [4.69, 9.17) is 10.5 Å². The lowest BCUT2D eigenvalue weighted by atomic mass is 9.88. The van der Waals surface area contributed by atoms with E-state index in [1.807, 2.05) is 26.0 Å². The minimum atomic E-state index is -0.00741. The van der Waals surface area contributed by atoms with Crippen LogP contribution in [0.4, 0.5) is 11.5 Å². The summed E-state index contributed by atoms with van der Waals surface area (Å²) < 4.78 is 5.42. The molecule has 1 fully saturated rings. The van der Waals surface area contributed by atoms with Gasteiger partial charge in [0, 0.05) is 26.1 Å². The van der Waals surface area contributed by atoms with Gasteiger partial charge in [-0.1, -0.05) is 24.3 Å². The highest BCUT2D eigenvalue weighted by atomic mass is 16.5. The van der Waals surface area contributed by atoms with Crippen LogP contribution in [0.3, 0.4) is 0 Å². The molecule has 6 nitrogen and oxygen atoms in total. The number of carbonyl (C=O) groups excluding carboxylic acids is 1. The van der Waals surface area contributed by atoms with Gasteiger partial charge >= 0.3 is 0 Å². The lowest BCUT2D eigenvalue weighted by Gasteiger charge is -2.34. The first-order valence-electron chi connectivity index (χ1n) is 9.99. The number of nitrogens with two attached hydrogens (primary N) is 1. The van der Waals surface area contributed by atoms with Crippen LogP contribution < -0.4 is 20.7 Å². The van der Waals surface area contributed by atoms with Crippen molar-refractivity contribution in [2.75, 3.05) is 30.3 Å². The van der Waals surface area contributed by atoms with E-state index in [0.29, 0.717) is 24.2 Å². The molecule has 0 radical (unpaired) electrons. The number of benzene rings is 1. The minimum Gasteiger partial charge on any atom is -0.478 e. The maximum atomic E-state index is 11.2. The van der Waals surface area contributed by atoms with E-state index in [2.05, 4.69) is 39.5 Å². The summed E-state index contributed by atoms with van der Waals surface area (Å²) >= 11 is 0. The zero-order chi connectivity index (χ0) is 20.1. The zero-order valence-corrected chi connectivity index (χ0v) is 16.9. The summed E-state index contributed by atoms with van der Waals surface area (Å²) in [4.78, 5) is 17.9. The first kappa shape index (κ1) is 20.0. The van der Waals surface area contributed by atoms with Gasteiger partial charge in [-0.25, -0.2) is 0 Å². The molecule has 3 rings (SSSR count). The molecule has 1 saturated heterocycles. The van der Waals surface area contributed by atoms with Crippen molar-refractivity contribution in [1.82, 2.24) is 10.3 Å². The molecule has 0 bridgehead atoms. The number of ether oxygens (including phenoxy) is 1. The molecule has 2 heterocycles. The highest BCUT2D eigenvalue weighted by Crippen LogP contribution is 2.33. The Kier molecular flexibility index (Phi) is 6.39. The second-order valence-electron chi connectivity index (χ2n) is 7.34. The van der Waals surface area contributed by atoms with Gasteiger partial charge in [-0.3, -0.25) is 4.79 Å². The third-order valence-corrected chi connectivity index (χ3v) is 5.33. The number of aromatic nitrogens is 1. The number of rotatable bonds is 6. The molecule has 1 atom stereocenters. The number of hydrogen-bond donors (Lipinski definition) is 2. The number of carbonyl (C=O) groups is 1. The zero-order valence-electron chi connectivity index (χ0n) is 16.9. The maximum Gasteiger partial charge on any atom is 0.217 e. The molecule has 0 spiro atoms. The van der Waals surface area contributed by atoms with Gasteiger partial charge < -0.3 is 20.7 Å². The molecule has 1 aliphatic rings. The number of nitrogens with zero attached hydrogens (tertiary/aromatic N) is 2. The molecule has 1 aromatic carbocycles. The SMILES string of the molecule is CCOc1ccc(N2CCC(c3ccc([C@H](C)NC(C)=O)cc3)CC2)c(N)n1. The normalized spacial score (nSPS) is 15.9. The van der Waals surface area contributed by atoms with Crippen LogP contribution in [0.25, 0.3) is 0 Å². The number of amides is 1. The highest BCUT2D eigenvalue weighted by Gasteiger charge is 2.22. The summed E-state index contributed by atoms with van der Waals surface area (Å²) in [6, 6.07) is 12.6. The molecule has 0 unspecified atom stereocenters. The highest BCUT2D eigenvalue weighted by molar-refractivity contribution is 5.73. The van der Waals surface area contributed by atoms with E-state index < -0.39 is 0 Å². The van der Waals surface area contributed by atoms with Crippen molar-refractivity contribution >= 4 is 17.4 Å². The fourth-order valence-corrected chi connectivity index (χ4v) is 3.84. The van der Waals surface area contributed by atoms with Crippen molar-refractivity contribution in [3.05, 3.63) is 47.5 Å². The van der Waals surface area contributed by atoms with Gasteiger partial charge in [0.05, 0.1) is 18.3 Å². The molecule has 6 heteroatoms. The van der Waals surface area contributed by atoms with Crippen molar-refractivity contribution in [2.24, 2.45) is 0 Å². The third-order valence-electron chi connectivity index (χ3n) is 5.33. The predicted octanol–water partition coefficient (Wildman–Crippen LogP) is 3.64. The van der Waals surface area contributed by atoms with Gasteiger partial charge in [0.15, 0.2) is 5.82 Å². The Morgan fingerprint density at radius 1 is 1.25 bits per heavy atom. The standard InChI is InChI=1S/C22H30N4O2/c1-4-28-21-10-9-20(22(23)25-21)26-13-11-19(12-14-26)18-7-5-17(6-8-18)15(2)24-16(3)27/h5-10,15,19H,4,11-14H2,1-3H3,(H2,23,25)(H,24,27)/t15-/m0/s1. The Balaban J connectivity index is 1.60. The quantitative estimate of drug-likeness (QED) is 0.797. The molecule has 1 amide bonds. The van der Waals surface area contributed by atoms with Gasteiger partial charge in [-0.05, 0) is 49.8 Å². The lowest BCUT2D eigenvalue weighted by Crippen LogP contribution is -2.33. The van der Waals surface area contributed by atoms with Crippen LogP contribution in [0, 0.1) is 0 Å². The monoisotopic (exact) mass is 382 g/mol. The van der Waals surface area contributed by atoms with E-state index in [0.717, 1.165) is 37.2 Å². The van der Waals surface area contributed by atoms with Crippen molar-refractivity contribution in [1.29, 1.82) is 0 Å². The molecule has 2 aromatic rings. The number of nitrogens with one attached hydrogen (secondary N) is 1. The lowest BCUT2D eigenvalue weighted by molar-refractivity contribution is -0.119. The predicted molar refractivity (Wildman–Crippen MR) is 113 cm³/mol. The van der Waals surface area contributed by atoms with Crippen molar-refractivity contribution < 1.29 is 9.53 Å². The Bertz CT molecular complexity index is 799. The van der Waals surface area contributed by atoms with Gasteiger partial charge in [0.25, 0.3) is 0 Å². The summed E-state index contributed by atoms with van der Waals surface area (Å²) in [5, 5.41) is 2.93. The largest absolute Gasteiger partial charge is 0.478 e. The van der Waals surface area contributed by atoms with Crippen LogP contribution in [0.1, 0.15) is 56.7 Å². The van der Waals surface area contributed by atoms with Crippen LogP contribution in [0.15, 0.2) is 36.4 Å². The smallest absolute Gasteiger partial charge is 0.217 e. The molecule has 1 aromatic heterocycles. The van der Waals surface area contributed by atoms with Crippen molar-refractivity contribution in [2.45, 2.75) is 45.6 Å². The number of hydrogen-bond acceptors (Lipinski definition) is 5. The fourth-order valence-electron chi connectivity index (χ4n) is 3.84. The van der Waals surface area contributed by atoms with Crippen molar-refractivity contribution in [3.8, 4) is 5.88 Å². The molecule has 28 heavy (non-hydrogen) atoms. The van der Waals surface area contributed by atoms with E-state index in [-0.39, 0.29) is 11.9 Å². The average molecular weight is 383 g/mol. The summed E-state index contributed by atoms with van der Waals surface area (Å²) in [7, 11) is 0. The second-order valence-corrected chi connectivity index (χ2v) is 7.34. The average Bonchev–Trinajstić information content (AvgIpc) is 2.68. The number of pyridine rings is 1. The van der Waals surface area contributed by atoms with Crippen molar-refractivity contribution in [3.63, 3.8) is 0 Å². The van der Waals surface area contributed by atoms with Gasteiger partial charge in [-0.15, -0.1) is 0 Å². The summed E-state index contributed by atoms with van der Waals surface area (Å²) in [6.45, 7) is 7.97. The van der Waals surface area contributed by atoms with Gasteiger partial charge in [0.2, 0.25) is 11.8 Å². The fraction of sp³-hybridized carbons (Fsp3) is 0.455. The van der Waals surface area contributed by atoms with E-state index >= 15 is 0 Å². The first-order valence-corrected chi connectivity index (χ1v) is 9.99. The molecule has 150 valence electrons. The minimum absolute atomic E-state index is 0.00741. The van der Waals surface area contributed by atoms with Gasteiger partial charge in [0.1, 0.15) is 0 Å². The van der Waals surface area contributed by atoms with Crippen LogP contribution in [0.5, 0.6) is 5.88 Å². The van der Waals surface area contributed by atoms with Crippen LogP contribution in [0.2, 0.25) is 0 Å². The summed E-state index contributed by atoms with van der Waals surface area (Å²) in [5.74, 6) is 1.64. The van der Waals surface area contributed by atoms with Gasteiger partial charge in [-0.2, -0.15) is 4.98 Å². The number of piperidine rings is 1. The van der Waals surface area contributed by atoms with Crippen LogP contribution in [-0.4, -0.2) is 30.6 Å². The Morgan fingerprint density at radius 2 is 1.93 bits per heavy atom. The van der Waals surface area contributed by atoms with E-state index in [1.165, 1.54) is 5.56 Å². The Hall–Kier alpha value is -2.76. The topological polar surface area (TPSA) is 80.5 Å². The first-order chi connectivity index (χ1) is 13.5. The van der Waals surface area contributed by atoms with Crippen LogP contribution in [-0.2, 0) is 4.79 Å². The molecule has 3 N–H and O–H groups in total. The number of anilines is 2. The molecule has 1 aliphatic heterocycles. The Labute approximate surface area is 167 Å². The summed E-state index contributed by atoms with van der Waals surface area (Å²) in [6.07, 6.45) is 2.15. The second kappa shape index (κ2) is 8.95. The molecular formula is C22H30N4O2. The van der Waals surface area contributed by atoms with Crippen LogP contribution >= 0.6 is 0 Å². The number of nitrogen functional groups attached to an aromatic ring is 1.